The van der Waals surface area contributed by atoms with Crippen molar-refractivity contribution in [2.24, 2.45) is 0 Å². The monoisotopic (exact) mass is 412 g/mol. The minimum atomic E-state index is -3.92. The van der Waals surface area contributed by atoms with Crippen molar-refractivity contribution in [3.63, 3.8) is 0 Å². The molecule has 2 aromatic rings. The zero-order valence-electron chi connectivity index (χ0n) is 14.1. The number of rotatable bonds is 4. The van der Waals surface area contributed by atoms with Crippen molar-refractivity contribution < 1.29 is 13.2 Å². The summed E-state index contributed by atoms with van der Waals surface area (Å²) < 4.78 is 28.1. The van der Waals surface area contributed by atoms with Gasteiger partial charge in [0.2, 0.25) is 0 Å². The highest BCUT2D eigenvalue weighted by Crippen LogP contribution is 2.29. The Bertz CT molecular complexity index is 955. The topological polar surface area (TPSA) is 66.5 Å². The van der Waals surface area contributed by atoms with Gasteiger partial charge < -0.3 is 4.90 Å². The predicted molar refractivity (Wildman–Crippen MR) is 104 cm³/mol. The molecule has 8 heteroatoms. The van der Waals surface area contributed by atoms with Gasteiger partial charge in [-0.1, -0.05) is 35.3 Å². The fourth-order valence-electron chi connectivity index (χ4n) is 2.91. The van der Waals surface area contributed by atoms with Crippen molar-refractivity contribution in [1.82, 2.24) is 4.90 Å². The minimum Gasteiger partial charge on any atom is -0.339 e. The maximum atomic E-state index is 12.8. The Hall–Kier alpha value is -1.76. The van der Waals surface area contributed by atoms with Gasteiger partial charge >= 0.3 is 0 Å². The summed E-state index contributed by atoms with van der Waals surface area (Å²) in [4.78, 5) is 14.5. The number of aryl methyl sites for hydroxylation is 1. The molecule has 1 N–H and O–H groups in total. The van der Waals surface area contributed by atoms with E-state index in [2.05, 4.69) is 4.72 Å². The van der Waals surface area contributed by atoms with Crippen molar-refractivity contribution in [2.75, 3.05) is 17.8 Å². The van der Waals surface area contributed by atoms with E-state index >= 15 is 0 Å². The lowest BCUT2D eigenvalue weighted by molar-refractivity contribution is 0.0794. The van der Waals surface area contributed by atoms with Crippen LogP contribution in [-0.4, -0.2) is 32.3 Å². The highest BCUT2D eigenvalue weighted by Gasteiger charge is 2.25. The number of hydrogen-bond acceptors (Lipinski definition) is 3. The molecule has 1 aliphatic rings. The molecule has 1 saturated heterocycles. The van der Waals surface area contributed by atoms with Crippen LogP contribution in [0.5, 0.6) is 0 Å². The molecule has 26 heavy (non-hydrogen) atoms. The van der Waals surface area contributed by atoms with Crippen LogP contribution in [-0.2, 0) is 10.0 Å². The van der Waals surface area contributed by atoms with E-state index in [1.165, 1.54) is 18.2 Å². The van der Waals surface area contributed by atoms with Crippen molar-refractivity contribution in [3.05, 3.63) is 57.6 Å². The van der Waals surface area contributed by atoms with Crippen LogP contribution in [0.2, 0.25) is 10.0 Å². The Morgan fingerprint density at radius 1 is 1.08 bits per heavy atom. The number of nitrogens with zero attached hydrogens (tertiary/aromatic N) is 1. The van der Waals surface area contributed by atoms with Gasteiger partial charge in [0.15, 0.2) is 0 Å². The lowest BCUT2D eigenvalue weighted by atomic mass is 10.1. The number of amides is 1. The summed E-state index contributed by atoms with van der Waals surface area (Å²) in [5.74, 6) is -0.168. The molecule has 0 atom stereocenters. The maximum Gasteiger partial charge on any atom is 0.261 e. The van der Waals surface area contributed by atoms with Crippen molar-refractivity contribution in [3.8, 4) is 0 Å². The number of para-hydroxylation sites is 1. The van der Waals surface area contributed by atoms with E-state index < -0.39 is 10.0 Å². The van der Waals surface area contributed by atoms with Crippen LogP contribution < -0.4 is 4.72 Å². The average molecular weight is 413 g/mol. The molecule has 0 unspecified atom stereocenters. The Morgan fingerprint density at radius 2 is 1.77 bits per heavy atom. The standard InChI is InChI=1S/C18H18Cl2N2O3S/c1-12-5-4-6-14(18(23)22-9-2-3-10-22)17(12)21-26(24,25)13-7-8-15(19)16(20)11-13/h4-8,11,21H,2-3,9-10H2,1H3. The van der Waals surface area contributed by atoms with E-state index in [-0.39, 0.29) is 26.5 Å². The van der Waals surface area contributed by atoms with Crippen molar-refractivity contribution in [1.29, 1.82) is 0 Å². The molecule has 0 aliphatic carbocycles. The molecule has 1 aliphatic heterocycles. The van der Waals surface area contributed by atoms with Gasteiger partial charge in [0.05, 0.1) is 26.2 Å². The van der Waals surface area contributed by atoms with E-state index in [1.54, 1.807) is 30.0 Å². The molecule has 0 radical (unpaired) electrons. The molecule has 0 spiro atoms. The number of nitrogens with one attached hydrogen (secondary N) is 1. The summed E-state index contributed by atoms with van der Waals surface area (Å²) in [5, 5.41) is 0.416. The molecule has 138 valence electrons. The Kier molecular flexibility index (Phi) is 5.46. The molecule has 0 saturated carbocycles. The second kappa shape index (κ2) is 7.47. The average Bonchev–Trinajstić information content (AvgIpc) is 3.13. The van der Waals surface area contributed by atoms with Crippen molar-refractivity contribution in [2.45, 2.75) is 24.7 Å². The minimum absolute atomic E-state index is 0.0188. The highest BCUT2D eigenvalue weighted by molar-refractivity contribution is 7.92. The number of carbonyl (C=O) groups excluding carboxylic acids is 1. The zero-order chi connectivity index (χ0) is 18.9. The summed E-state index contributed by atoms with van der Waals surface area (Å²) in [5.41, 5.74) is 1.30. The van der Waals surface area contributed by atoms with Crippen LogP contribution in [0.1, 0.15) is 28.8 Å². The van der Waals surface area contributed by atoms with Gasteiger partial charge in [0, 0.05) is 13.1 Å². The van der Waals surface area contributed by atoms with Gasteiger partial charge in [-0.2, -0.15) is 0 Å². The van der Waals surface area contributed by atoms with Crippen LogP contribution in [0.25, 0.3) is 0 Å². The summed E-state index contributed by atoms with van der Waals surface area (Å²) in [6.07, 6.45) is 1.92. The second-order valence-electron chi connectivity index (χ2n) is 6.18. The zero-order valence-corrected chi connectivity index (χ0v) is 16.5. The van der Waals surface area contributed by atoms with E-state index in [0.717, 1.165) is 12.8 Å². The third kappa shape index (κ3) is 3.82. The summed E-state index contributed by atoms with van der Waals surface area (Å²) in [6.45, 7) is 3.13. The molecule has 3 rings (SSSR count). The quantitative estimate of drug-likeness (QED) is 0.811. The lowest BCUT2D eigenvalue weighted by Gasteiger charge is -2.20. The number of likely N-dealkylation sites (tertiary alicyclic amines) is 1. The molecule has 2 aromatic carbocycles. The Balaban J connectivity index is 1.98. The fourth-order valence-corrected chi connectivity index (χ4v) is 4.45. The van der Waals surface area contributed by atoms with Gasteiger partial charge in [0.25, 0.3) is 15.9 Å². The predicted octanol–water partition coefficient (Wildman–Crippen LogP) is 4.34. The molecule has 5 nitrogen and oxygen atoms in total. The first-order chi connectivity index (χ1) is 12.3. The van der Waals surface area contributed by atoms with E-state index in [1.807, 2.05) is 0 Å². The SMILES string of the molecule is Cc1cccc(C(=O)N2CCCC2)c1NS(=O)(=O)c1ccc(Cl)c(Cl)c1. The third-order valence-corrected chi connectivity index (χ3v) is 6.42. The van der Waals surface area contributed by atoms with Gasteiger partial charge in [-0.05, 0) is 49.6 Å². The number of sulfonamides is 1. The van der Waals surface area contributed by atoms with Crippen LogP contribution in [0.3, 0.4) is 0 Å². The molecule has 1 heterocycles. The van der Waals surface area contributed by atoms with Crippen LogP contribution >= 0.6 is 23.2 Å². The molecule has 0 bridgehead atoms. The number of hydrogen-bond donors (Lipinski definition) is 1. The Morgan fingerprint density at radius 3 is 2.42 bits per heavy atom. The smallest absolute Gasteiger partial charge is 0.261 e. The molecule has 0 aromatic heterocycles. The fraction of sp³-hybridized carbons (Fsp3) is 0.278. The van der Waals surface area contributed by atoms with Gasteiger partial charge in [-0.15, -0.1) is 0 Å². The number of halogens is 2. The summed E-state index contributed by atoms with van der Waals surface area (Å²) >= 11 is 11.8. The lowest BCUT2D eigenvalue weighted by Crippen LogP contribution is -2.29. The first kappa shape index (κ1) is 19.0. The molecule has 1 fully saturated rings. The van der Waals surface area contributed by atoms with E-state index in [0.29, 0.717) is 24.2 Å². The normalized spacial score (nSPS) is 14.5. The van der Waals surface area contributed by atoms with Gasteiger partial charge in [0.1, 0.15) is 0 Å². The summed E-state index contributed by atoms with van der Waals surface area (Å²) in [7, 11) is -3.92. The van der Waals surface area contributed by atoms with Crippen molar-refractivity contribution >= 4 is 44.8 Å². The number of anilines is 1. The first-order valence-corrected chi connectivity index (χ1v) is 10.4. The van der Waals surface area contributed by atoms with Crippen LogP contribution in [0, 0.1) is 6.92 Å². The van der Waals surface area contributed by atoms with Crippen LogP contribution in [0.15, 0.2) is 41.3 Å². The molecular formula is C18H18Cl2N2O3S. The molecular weight excluding hydrogens is 395 g/mol. The van der Waals surface area contributed by atoms with Gasteiger partial charge in [-0.25, -0.2) is 8.42 Å². The highest BCUT2D eigenvalue weighted by atomic mass is 35.5. The summed E-state index contributed by atoms with van der Waals surface area (Å²) in [6, 6.07) is 9.22. The molecule has 1 amide bonds. The number of benzene rings is 2. The largest absolute Gasteiger partial charge is 0.339 e. The van der Waals surface area contributed by atoms with E-state index in [4.69, 9.17) is 23.2 Å². The van der Waals surface area contributed by atoms with E-state index in [9.17, 15) is 13.2 Å². The first-order valence-electron chi connectivity index (χ1n) is 8.16. The number of carbonyl (C=O) groups is 1. The second-order valence-corrected chi connectivity index (χ2v) is 8.67. The Labute approximate surface area is 163 Å². The van der Waals surface area contributed by atoms with Gasteiger partial charge in [-0.3, -0.25) is 9.52 Å². The van der Waals surface area contributed by atoms with Crippen LogP contribution in [0.4, 0.5) is 5.69 Å². The third-order valence-electron chi connectivity index (χ3n) is 4.33. The maximum absolute atomic E-state index is 12.8.